The van der Waals surface area contributed by atoms with E-state index in [1.165, 1.54) is 18.9 Å². The van der Waals surface area contributed by atoms with E-state index < -0.39 is 82.6 Å². The van der Waals surface area contributed by atoms with Crippen LogP contribution in [0.2, 0.25) is 0 Å². The average Bonchev–Trinajstić information content (AvgIpc) is 3.34. The summed E-state index contributed by atoms with van der Waals surface area (Å²) in [7, 11) is 1.44. The molecule has 1 saturated carbocycles. The normalized spacial score (nSPS) is 21.1. The van der Waals surface area contributed by atoms with Gasteiger partial charge in [0, 0.05) is 13.6 Å². The molecule has 290 valence electrons. The Labute approximate surface area is 308 Å². The Balaban J connectivity index is 0.00000936. The van der Waals surface area contributed by atoms with Crippen LogP contribution < -0.4 is 26.6 Å². The van der Waals surface area contributed by atoms with E-state index in [-0.39, 0.29) is 37.6 Å². The predicted molar refractivity (Wildman–Crippen MR) is 196 cm³/mol. The van der Waals surface area contributed by atoms with Gasteiger partial charge in [-0.1, -0.05) is 85.7 Å². The second-order valence-corrected chi connectivity index (χ2v) is 16.2. The third-order valence-electron chi connectivity index (χ3n) is 9.64. The van der Waals surface area contributed by atoms with Crippen molar-refractivity contribution in [3.05, 3.63) is 35.9 Å². The lowest BCUT2D eigenvalue weighted by atomic mass is 9.85. The lowest BCUT2D eigenvalue weighted by Crippen LogP contribution is -2.61. The maximum absolute atomic E-state index is 14.1. The van der Waals surface area contributed by atoms with E-state index >= 15 is 0 Å². The molecule has 2 aliphatic rings. The summed E-state index contributed by atoms with van der Waals surface area (Å²) >= 11 is 0. The minimum Gasteiger partial charge on any atom is -0.444 e. The van der Waals surface area contributed by atoms with E-state index in [2.05, 4.69) is 26.6 Å². The summed E-state index contributed by atoms with van der Waals surface area (Å²) in [4.78, 5) is 94.7. The predicted octanol–water partition coefficient (Wildman–Crippen LogP) is 3.01. The monoisotopic (exact) mass is 728 g/mol. The molecular weight excluding hydrogens is 668 g/mol. The number of hydrogen-bond donors (Lipinski definition) is 5. The molecule has 7 atom stereocenters. The highest BCUT2D eigenvalue weighted by molar-refractivity contribution is 6.38. The number of likely N-dealkylation sites (N-methyl/N-ethyl adjacent to an activating group) is 1. The molecule has 1 heterocycles. The zero-order valence-corrected chi connectivity index (χ0v) is 31.8. The first-order valence-corrected chi connectivity index (χ1v) is 17.6. The average molecular weight is 729 g/mol. The number of nitrogens with zero attached hydrogens (tertiary/aromatic N) is 1. The number of Topliss-reactive ketones (excluding diaryl/α,β-unsaturated/α-hetero) is 1. The lowest BCUT2D eigenvalue weighted by Gasteiger charge is -2.38. The van der Waals surface area contributed by atoms with Gasteiger partial charge in [0.05, 0.1) is 6.04 Å². The highest BCUT2D eigenvalue weighted by Gasteiger charge is 2.70. The van der Waals surface area contributed by atoms with E-state index in [1.807, 2.05) is 13.8 Å². The van der Waals surface area contributed by atoms with Crippen LogP contribution in [0.15, 0.2) is 30.3 Å². The molecule has 0 radical (unpaired) electrons. The molecule has 5 N–H and O–H groups in total. The van der Waals surface area contributed by atoms with Crippen molar-refractivity contribution in [2.75, 3.05) is 13.6 Å². The number of carbonyl (C=O) groups is 7. The SMILES string of the molecule is C.CCCC(NC(=O)[C@@H]1[C@@H]2[C@H](CN1C(=O)[C@@H](NC(=O)OC(C)(C)C)C(C)(C)C)C2(C)C)C(=O)C(=O)N[C@@H](C)C(=O)NC(C(=O)NC)c1ccccc1. The number of carbonyl (C=O) groups excluding carboxylic acids is 7. The lowest BCUT2D eigenvalue weighted by molar-refractivity contribution is -0.145. The molecule has 2 unspecified atom stereocenters. The van der Waals surface area contributed by atoms with E-state index in [9.17, 15) is 33.6 Å². The first kappa shape index (κ1) is 43.7. The first-order chi connectivity index (χ1) is 23.5. The van der Waals surface area contributed by atoms with Crippen LogP contribution >= 0.6 is 0 Å². The van der Waals surface area contributed by atoms with Crippen molar-refractivity contribution >= 4 is 41.4 Å². The van der Waals surface area contributed by atoms with E-state index in [4.69, 9.17) is 4.74 Å². The van der Waals surface area contributed by atoms with Gasteiger partial charge in [0.2, 0.25) is 29.4 Å². The van der Waals surface area contributed by atoms with Gasteiger partial charge in [-0.25, -0.2) is 4.79 Å². The maximum atomic E-state index is 14.1. The molecule has 14 heteroatoms. The summed E-state index contributed by atoms with van der Waals surface area (Å²) in [6.45, 7) is 18.1. The van der Waals surface area contributed by atoms with Crippen LogP contribution in [0.4, 0.5) is 4.79 Å². The number of hydrogen-bond acceptors (Lipinski definition) is 8. The van der Waals surface area contributed by atoms with Gasteiger partial charge >= 0.3 is 6.09 Å². The summed E-state index contributed by atoms with van der Waals surface area (Å²) in [5, 5.41) is 13.0. The number of amides is 6. The number of ketones is 1. The fourth-order valence-electron chi connectivity index (χ4n) is 6.72. The van der Waals surface area contributed by atoms with Crippen LogP contribution in [0.1, 0.15) is 101 Å². The Morgan fingerprint density at radius 2 is 1.50 bits per heavy atom. The van der Waals surface area contributed by atoms with Crippen LogP contribution in [0, 0.1) is 22.7 Å². The molecule has 6 amide bonds. The fraction of sp³-hybridized carbons (Fsp3) is 0.658. The van der Waals surface area contributed by atoms with Gasteiger partial charge in [0.15, 0.2) is 0 Å². The van der Waals surface area contributed by atoms with Gasteiger partial charge in [-0.05, 0) is 62.3 Å². The van der Waals surface area contributed by atoms with Crippen LogP contribution in [0.3, 0.4) is 0 Å². The van der Waals surface area contributed by atoms with Crippen molar-refractivity contribution in [3.8, 4) is 0 Å². The molecule has 52 heavy (non-hydrogen) atoms. The number of benzene rings is 1. The maximum Gasteiger partial charge on any atom is 0.408 e. The van der Waals surface area contributed by atoms with Crippen LogP contribution in [0.5, 0.6) is 0 Å². The van der Waals surface area contributed by atoms with Crippen LogP contribution in [-0.2, 0) is 33.5 Å². The molecule has 1 aromatic carbocycles. The van der Waals surface area contributed by atoms with Gasteiger partial charge in [0.25, 0.3) is 5.91 Å². The molecule has 2 fully saturated rings. The highest BCUT2D eigenvalue weighted by Crippen LogP contribution is 2.65. The summed E-state index contributed by atoms with van der Waals surface area (Å²) in [6.07, 6.45) is -0.177. The summed E-state index contributed by atoms with van der Waals surface area (Å²) in [5.74, 6) is -4.38. The Kier molecular flexibility index (Phi) is 14.2. The molecule has 1 aliphatic heterocycles. The zero-order chi connectivity index (χ0) is 38.6. The van der Waals surface area contributed by atoms with Crippen molar-refractivity contribution in [1.29, 1.82) is 0 Å². The molecule has 0 aromatic heterocycles. The Hall–Kier alpha value is -4.49. The first-order valence-electron chi connectivity index (χ1n) is 17.6. The van der Waals surface area contributed by atoms with Gasteiger partial charge < -0.3 is 36.2 Å². The molecule has 14 nitrogen and oxygen atoms in total. The summed E-state index contributed by atoms with van der Waals surface area (Å²) in [5.41, 5.74) is -1.24. The van der Waals surface area contributed by atoms with Crippen molar-refractivity contribution in [2.45, 2.75) is 125 Å². The smallest absolute Gasteiger partial charge is 0.408 e. The number of likely N-dealkylation sites (tertiary alicyclic amines) is 1. The molecule has 3 rings (SSSR count). The largest absolute Gasteiger partial charge is 0.444 e. The summed E-state index contributed by atoms with van der Waals surface area (Å²) < 4.78 is 5.42. The van der Waals surface area contributed by atoms with Gasteiger partial charge in [0.1, 0.15) is 29.8 Å². The molecule has 0 spiro atoms. The van der Waals surface area contributed by atoms with Gasteiger partial charge in [-0.3, -0.25) is 28.8 Å². The van der Waals surface area contributed by atoms with Crippen molar-refractivity contribution in [3.63, 3.8) is 0 Å². The van der Waals surface area contributed by atoms with Gasteiger partial charge in [-0.15, -0.1) is 0 Å². The molecule has 1 aromatic rings. The second-order valence-electron chi connectivity index (χ2n) is 16.2. The number of ether oxygens (including phenoxy) is 1. The minimum absolute atomic E-state index is 0. The van der Waals surface area contributed by atoms with E-state index in [1.54, 1.807) is 78.8 Å². The second kappa shape index (κ2) is 16.9. The molecule has 1 aliphatic carbocycles. The summed E-state index contributed by atoms with van der Waals surface area (Å²) in [6, 6.07) is 3.15. The minimum atomic E-state index is -1.23. The van der Waals surface area contributed by atoms with E-state index in [0.29, 0.717) is 12.0 Å². The number of piperidine rings is 1. The van der Waals surface area contributed by atoms with E-state index in [0.717, 1.165) is 0 Å². The third-order valence-corrected chi connectivity index (χ3v) is 9.64. The Bertz CT molecular complexity index is 1500. The van der Waals surface area contributed by atoms with Crippen molar-refractivity contribution < 1.29 is 38.3 Å². The third kappa shape index (κ3) is 10.3. The quantitative estimate of drug-likeness (QED) is 0.192. The van der Waals surface area contributed by atoms with Crippen molar-refractivity contribution in [2.24, 2.45) is 22.7 Å². The number of rotatable bonds is 13. The number of nitrogens with one attached hydrogen (secondary N) is 5. The standard InChI is InChI=1S/C37H56N6O8.CH4/c1-12-16-23(27(44)32(48)39-20(2)29(45)41-25(30(46)38-11)21-17-14-13-15-18-21)40-31(47)26-24-22(37(24,9)10)19-43(26)33(49)28(35(3,4)5)42-34(50)51-36(6,7)8;/h13-15,17-18,20,22-26,28H,12,16,19H2,1-11H3,(H,38,46)(H,39,48)(H,40,47)(H,41,45)(H,42,50);1H4/t20-,22-,23?,24-,25?,26-,28+;/m0./s1. The fourth-order valence-corrected chi connectivity index (χ4v) is 6.72. The highest BCUT2D eigenvalue weighted by atomic mass is 16.6. The van der Waals surface area contributed by atoms with Crippen LogP contribution in [0.25, 0.3) is 0 Å². The molecular formula is C38H60N6O8. The Morgan fingerprint density at radius 1 is 0.904 bits per heavy atom. The Morgan fingerprint density at radius 3 is 2.02 bits per heavy atom. The van der Waals surface area contributed by atoms with Gasteiger partial charge in [-0.2, -0.15) is 0 Å². The zero-order valence-electron chi connectivity index (χ0n) is 31.8. The number of alkyl carbamates (subject to hydrolysis) is 1. The topological polar surface area (TPSA) is 192 Å². The van der Waals surface area contributed by atoms with Crippen LogP contribution in [-0.4, -0.2) is 89.7 Å². The molecule has 0 bridgehead atoms. The molecule has 1 saturated heterocycles. The van der Waals surface area contributed by atoms with Crippen molar-refractivity contribution in [1.82, 2.24) is 31.5 Å². The number of fused-ring (bicyclic) bond motifs is 1.